The molecule has 0 aliphatic carbocycles. The lowest BCUT2D eigenvalue weighted by atomic mass is 10.1. The molecule has 27 heavy (non-hydrogen) atoms. The molecule has 1 N–H and O–H groups in total. The third-order valence-electron chi connectivity index (χ3n) is 3.89. The van der Waals surface area contributed by atoms with Crippen LogP contribution in [0.1, 0.15) is 30.6 Å². The number of rotatable bonds is 6. The van der Waals surface area contributed by atoms with Crippen LogP contribution in [0.25, 0.3) is 0 Å². The predicted octanol–water partition coefficient (Wildman–Crippen LogP) is 4.55. The van der Waals surface area contributed by atoms with Crippen LogP contribution in [0.4, 0.5) is 5.69 Å². The first kappa shape index (κ1) is 19.2. The van der Waals surface area contributed by atoms with Gasteiger partial charge in [0.15, 0.2) is 23.0 Å². The third-order valence-corrected chi connectivity index (χ3v) is 4.20. The van der Waals surface area contributed by atoms with Crippen molar-refractivity contribution in [2.75, 3.05) is 31.7 Å². The van der Waals surface area contributed by atoms with Crippen molar-refractivity contribution in [2.24, 2.45) is 0 Å². The highest BCUT2D eigenvalue weighted by Gasteiger charge is 2.17. The Labute approximate surface area is 163 Å². The van der Waals surface area contributed by atoms with E-state index in [0.29, 0.717) is 65.7 Å². The molecule has 1 aliphatic rings. The molecule has 0 spiro atoms. The normalized spacial score (nSPS) is 12.9. The van der Waals surface area contributed by atoms with E-state index >= 15 is 0 Å². The Balaban J connectivity index is 1.83. The van der Waals surface area contributed by atoms with E-state index in [1.54, 1.807) is 30.3 Å². The van der Waals surface area contributed by atoms with Crippen LogP contribution >= 0.6 is 11.6 Å². The summed E-state index contributed by atoms with van der Waals surface area (Å²) in [5.74, 6) is 1.96. The van der Waals surface area contributed by atoms with Gasteiger partial charge in [-0.25, -0.2) is 0 Å². The zero-order chi connectivity index (χ0) is 19.2. The van der Waals surface area contributed by atoms with Crippen molar-refractivity contribution in [2.45, 2.75) is 20.3 Å². The second-order valence-corrected chi connectivity index (χ2v) is 6.22. The number of carbonyl (C=O) groups excluding carboxylic acids is 1. The Kier molecular flexibility index (Phi) is 6.29. The van der Waals surface area contributed by atoms with Gasteiger partial charge in [0.1, 0.15) is 0 Å². The fourth-order valence-electron chi connectivity index (χ4n) is 2.67. The largest absolute Gasteiger partial charge is 0.490 e. The van der Waals surface area contributed by atoms with Gasteiger partial charge in [0.25, 0.3) is 5.91 Å². The van der Waals surface area contributed by atoms with E-state index in [1.165, 1.54) is 0 Å². The van der Waals surface area contributed by atoms with Gasteiger partial charge in [-0.05, 0) is 32.0 Å². The molecule has 0 bridgehead atoms. The Morgan fingerprint density at radius 1 is 1.04 bits per heavy atom. The number of carbonyl (C=O) groups is 1. The maximum Gasteiger partial charge on any atom is 0.255 e. The van der Waals surface area contributed by atoms with Gasteiger partial charge in [-0.3, -0.25) is 4.79 Å². The molecule has 0 unspecified atom stereocenters. The zero-order valence-electron chi connectivity index (χ0n) is 15.3. The van der Waals surface area contributed by atoms with Gasteiger partial charge in [0.2, 0.25) is 0 Å². The second kappa shape index (κ2) is 8.86. The molecule has 0 atom stereocenters. The van der Waals surface area contributed by atoms with Crippen LogP contribution in [0.3, 0.4) is 0 Å². The first-order valence-corrected chi connectivity index (χ1v) is 9.30. The number of nitrogens with one attached hydrogen (secondary N) is 1. The van der Waals surface area contributed by atoms with Gasteiger partial charge >= 0.3 is 0 Å². The fourth-order valence-corrected chi connectivity index (χ4v) is 2.87. The monoisotopic (exact) mass is 391 g/mol. The second-order valence-electron chi connectivity index (χ2n) is 5.81. The van der Waals surface area contributed by atoms with Crippen molar-refractivity contribution in [1.82, 2.24) is 0 Å². The van der Waals surface area contributed by atoms with Crippen LogP contribution in [0.2, 0.25) is 5.02 Å². The topological polar surface area (TPSA) is 66.0 Å². The summed E-state index contributed by atoms with van der Waals surface area (Å²) >= 11 is 6.30. The molecule has 144 valence electrons. The standard InChI is InChI=1S/C20H22ClNO5/c1-3-24-16-7-6-13(10-17(16)25-4-2)20(23)22-15-12-19-18(11-14(15)21)26-8-5-9-27-19/h6-7,10-12H,3-5,8-9H2,1-2H3,(H,22,23). The lowest BCUT2D eigenvalue weighted by Gasteiger charge is -2.14. The number of hydrogen-bond acceptors (Lipinski definition) is 5. The van der Waals surface area contributed by atoms with Crippen molar-refractivity contribution in [3.63, 3.8) is 0 Å². The van der Waals surface area contributed by atoms with Crippen molar-refractivity contribution in [3.8, 4) is 23.0 Å². The number of hydrogen-bond donors (Lipinski definition) is 1. The Bertz CT molecular complexity index is 824. The van der Waals surface area contributed by atoms with Crippen LogP contribution in [-0.4, -0.2) is 32.3 Å². The van der Waals surface area contributed by atoms with Crippen LogP contribution in [-0.2, 0) is 0 Å². The Morgan fingerprint density at radius 3 is 2.41 bits per heavy atom. The van der Waals surface area contributed by atoms with Crippen LogP contribution < -0.4 is 24.3 Å². The maximum atomic E-state index is 12.7. The van der Waals surface area contributed by atoms with Crippen molar-refractivity contribution in [1.29, 1.82) is 0 Å². The van der Waals surface area contributed by atoms with Gasteiger partial charge in [-0.15, -0.1) is 0 Å². The lowest BCUT2D eigenvalue weighted by Crippen LogP contribution is -2.13. The number of halogens is 1. The van der Waals surface area contributed by atoms with Crippen LogP contribution in [0, 0.1) is 0 Å². The number of ether oxygens (including phenoxy) is 4. The quantitative estimate of drug-likeness (QED) is 0.782. The minimum Gasteiger partial charge on any atom is -0.490 e. The molecule has 0 saturated carbocycles. The number of fused-ring (bicyclic) bond motifs is 1. The average molecular weight is 392 g/mol. The molecule has 2 aromatic carbocycles. The first-order chi connectivity index (χ1) is 13.1. The molecule has 6 nitrogen and oxygen atoms in total. The highest BCUT2D eigenvalue weighted by atomic mass is 35.5. The molecule has 0 aromatic heterocycles. The third kappa shape index (κ3) is 4.57. The van der Waals surface area contributed by atoms with E-state index in [9.17, 15) is 4.79 Å². The zero-order valence-corrected chi connectivity index (χ0v) is 16.1. The minimum atomic E-state index is -0.310. The van der Waals surface area contributed by atoms with E-state index in [2.05, 4.69) is 5.32 Å². The summed E-state index contributed by atoms with van der Waals surface area (Å²) < 4.78 is 22.4. The van der Waals surface area contributed by atoms with Gasteiger partial charge in [-0.1, -0.05) is 11.6 Å². The molecule has 1 aliphatic heterocycles. The molecular weight excluding hydrogens is 370 g/mol. The summed E-state index contributed by atoms with van der Waals surface area (Å²) in [5, 5.41) is 3.19. The van der Waals surface area contributed by atoms with Gasteiger partial charge in [0.05, 0.1) is 37.1 Å². The highest BCUT2D eigenvalue weighted by molar-refractivity contribution is 6.34. The summed E-state index contributed by atoms with van der Waals surface area (Å²) in [6.07, 6.45) is 0.792. The first-order valence-electron chi connectivity index (χ1n) is 8.92. The van der Waals surface area contributed by atoms with E-state index in [0.717, 1.165) is 6.42 Å². The van der Waals surface area contributed by atoms with E-state index in [-0.39, 0.29) is 5.91 Å². The predicted molar refractivity (Wildman–Crippen MR) is 104 cm³/mol. The lowest BCUT2D eigenvalue weighted by molar-refractivity contribution is 0.102. The smallest absolute Gasteiger partial charge is 0.255 e. The summed E-state index contributed by atoms with van der Waals surface area (Å²) in [6.45, 7) is 5.88. The molecule has 2 aromatic rings. The molecule has 0 radical (unpaired) electrons. The summed E-state index contributed by atoms with van der Waals surface area (Å²) in [4.78, 5) is 12.7. The molecule has 0 saturated heterocycles. The molecule has 0 fully saturated rings. The SMILES string of the molecule is CCOc1ccc(C(=O)Nc2cc3c(cc2Cl)OCCCO3)cc1OCC. The number of amides is 1. The number of benzene rings is 2. The molecule has 1 amide bonds. The average Bonchev–Trinajstić information content (AvgIpc) is 2.88. The minimum absolute atomic E-state index is 0.310. The van der Waals surface area contributed by atoms with Gasteiger partial charge in [-0.2, -0.15) is 0 Å². The summed E-state index contributed by atoms with van der Waals surface area (Å²) in [6, 6.07) is 8.39. The van der Waals surface area contributed by atoms with E-state index in [1.807, 2.05) is 13.8 Å². The van der Waals surface area contributed by atoms with Crippen LogP contribution in [0.15, 0.2) is 30.3 Å². The molecule has 3 rings (SSSR count). The Hall–Kier alpha value is -2.60. The van der Waals surface area contributed by atoms with Gasteiger partial charge < -0.3 is 24.3 Å². The van der Waals surface area contributed by atoms with E-state index in [4.69, 9.17) is 30.5 Å². The summed E-state index contributed by atoms with van der Waals surface area (Å²) in [7, 11) is 0. The molecular formula is C20H22ClNO5. The number of anilines is 1. The van der Waals surface area contributed by atoms with Crippen molar-refractivity contribution >= 4 is 23.2 Å². The van der Waals surface area contributed by atoms with Crippen LogP contribution in [0.5, 0.6) is 23.0 Å². The Morgan fingerprint density at radius 2 is 1.70 bits per heavy atom. The summed E-state index contributed by atoms with van der Waals surface area (Å²) in [5.41, 5.74) is 0.892. The molecule has 7 heteroatoms. The highest BCUT2D eigenvalue weighted by Crippen LogP contribution is 2.38. The van der Waals surface area contributed by atoms with Crippen molar-refractivity contribution < 1.29 is 23.7 Å². The van der Waals surface area contributed by atoms with E-state index < -0.39 is 0 Å². The molecule has 1 heterocycles. The maximum absolute atomic E-state index is 12.7. The van der Waals surface area contributed by atoms with Gasteiger partial charge in [0, 0.05) is 24.1 Å². The fraction of sp³-hybridized carbons (Fsp3) is 0.350. The van der Waals surface area contributed by atoms with Crippen molar-refractivity contribution in [3.05, 3.63) is 40.9 Å².